The molecule has 0 saturated carbocycles. The third-order valence-corrected chi connectivity index (χ3v) is 3.21. The van der Waals surface area contributed by atoms with Crippen molar-refractivity contribution >= 4 is 5.91 Å². The van der Waals surface area contributed by atoms with Crippen LogP contribution in [0.1, 0.15) is 40.5 Å². The summed E-state index contributed by atoms with van der Waals surface area (Å²) in [5, 5.41) is 2.90. The Hall–Kier alpha value is -0.650. The van der Waals surface area contributed by atoms with Crippen LogP contribution in [0.25, 0.3) is 0 Å². The van der Waals surface area contributed by atoms with Crippen molar-refractivity contribution in [1.29, 1.82) is 0 Å². The molecule has 1 aliphatic heterocycles. The van der Waals surface area contributed by atoms with Crippen LogP contribution in [0.4, 0.5) is 0 Å². The summed E-state index contributed by atoms with van der Waals surface area (Å²) in [6.45, 7) is 9.63. The molecule has 0 radical (unpaired) electrons. The molecule has 112 valence electrons. The summed E-state index contributed by atoms with van der Waals surface area (Å²) in [6.07, 6.45) is 1.42. The Morgan fingerprint density at radius 3 is 2.63 bits per heavy atom. The van der Waals surface area contributed by atoms with Gasteiger partial charge >= 0.3 is 0 Å². The topological polar surface area (TPSA) is 73.6 Å². The van der Waals surface area contributed by atoms with Gasteiger partial charge < -0.3 is 20.5 Å². The average Bonchev–Trinajstić information content (AvgIpc) is 2.65. The maximum absolute atomic E-state index is 11.8. The molecule has 2 unspecified atom stereocenters. The highest BCUT2D eigenvalue weighted by atomic mass is 16.7. The van der Waals surface area contributed by atoms with Crippen molar-refractivity contribution in [2.24, 2.45) is 17.6 Å². The Kier molecular flexibility index (Phi) is 6.23. The second-order valence-corrected chi connectivity index (χ2v) is 6.19. The first-order valence-electron chi connectivity index (χ1n) is 7.11. The molecule has 1 fully saturated rings. The average molecular weight is 272 g/mol. The summed E-state index contributed by atoms with van der Waals surface area (Å²) in [5.41, 5.74) is 5.70. The lowest BCUT2D eigenvalue weighted by molar-refractivity contribution is -0.139. The molecule has 0 aromatic heterocycles. The van der Waals surface area contributed by atoms with E-state index in [1.54, 1.807) is 0 Å². The zero-order valence-electron chi connectivity index (χ0n) is 12.6. The van der Waals surface area contributed by atoms with Gasteiger partial charge in [0.05, 0.1) is 6.61 Å². The van der Waals surface area contributed by atoms with Crippen LogP contribution in [-0.4, -0.2) is 37.5 Å². The SMILES string of the molecule is CC(C)CC(CN)CC(=O)NCC1COC(C)(C)O1. The summed E-state index contributed by atoms with van der Waals surface area (Å²) in [6, 6.07) is 0. The van der Waals surface area contributed by atoms with E-state index in [4.69, 9.17) is 15.2 Å². The first-order chi connectivity index (χ1) is 8.82. The first kappa shape index (κ1) is 16.4. The van der Waals surface area contributed by atoms with E-state index in [1.807, 2.05) is 13.8 Å². The number of rotatable bonds is 7. The predicted octanol–water partition coefficient (Wildman–Crippen LogP) is 1.27. The number of ether oxygens (including phenoxy) is 2. The van der Waals surface area contributed by atoms with Gasteiger partial charge in [-0.15, -0.1) is 0 Å². The van der Waals surface area contributed by atoms with Gasteiger partial charge in [-0.25, -0.2) is 0 Å². The Labute approximate surface area is 116 Å². The molecule has 1 saturated heterocycles. The standard InChI is InChI=1S/C14H28N2O3/c1-10(2)5-11(7-15)6-13(17)16-8-12-9-18-14(3,4)19-12/h10-12H,5-9,15H2,1-4H3,(H,16,17). The maximum atomic E-state index is 11.8. The molecule has 19 heavy (non-hydrogen) atoms. The number of carbonyl (C=O) groups is 1. The van der Waals surface area contributed by atoms with E-state index in [1.165, 1.54) is 0 Å². The Bertz CT molecular complexity index is 292. The lowest BCUT2D eigenvalue weighted by Gasteiger charge is -2.19. The van der Waals surface area contributed by atoms with Crippen molar-refractivity contribution < 1.29 is 14.3 Å². The fourth-order valence-corrected chi connectivity index (χ4v) is 2.36. The zero-order valence-corrected chi connectivity index (χ0v) is 12.6. The monoisotopic (exact) mass is 272 g/mol. The number of amides is 1. The molecule has 1 rings (SSSR count). The van der Waals surface area contributed by atoms with Crippen LogP contribution in [0, 0.1) is 11.8 Å². The van der Waals surface area contributed by atoms with Gasteiger partial charge in [-0.3, -0.25) is 4.79 Å². The molecule has 2 atom stereocenters. The molecule has 0 bridgehead atoms. The summed E-state index contributed by atoms with van der Waals surface area (Å²) >= 11 is 0. The lowest BCUT2D eigenvalue weighted by Crippen LogP contribution is -2.36. The minimum absolute atomic E-state index is 0.0457. The Morgan fingerprint density at radius 1 is 1.47 bits per heavy atom. The van der Waals surface area contributed by atoms with Gasteiger partial charge in [0.15, 0.2) is 5.79 Å². The van der Waals surface area contributed by atoms with E-state index in [0.29, 0.717) is 32.0 Å². The molecule has 1 amide bonds. The van der Waals surface area contributed by atoms with Crippen molar-refractivity contribution in [2.75, 3.05) is 19.7 Å². The third kappa shape index (κ3) is 6.36. The number of nitrogens with one attached hydrogen (secondary N) is 1. The second kappa shape index (κ2) is 7.22. The van der Waals surface area contributed by atoms with Crippen molar-refractivity contribution in [3.05, 3.63) is 0 Å². The Balaban J connectivity index is 2.24. The third-order valence-electron chi connectivity index (χ3n) is 3.21. The second-order valence-electron chi connectivity index (χ2n) is 6.19. The van der Waals surface area contributed by atoms with E-state index in [0.717, 1.165) is 6.42 Å². The van der Waals surface area contributed by atoms with Crippen molar-refractivity contribution in [1.82, 2.24) is 5.32 Å². The van der Waals surface area contributed by atoms with Crippen LogP contribution in [0.3, 0.4) is 0 Å². The first-order valence-corrected chi connectivity index (χ1v) is 7.11. The van der Waals surface area contributed by atoms with Crippen LogP contribution in [0.2, 0.25) is 0 Å². The molecule has 3 N–H and O–H groups in total. The van der Waals surface area contributed by atoms with Crippen LogP contribution < -0.4 is 11.1 Å². The number of hydrogen-bond donors (Lipinski definition) is 2. The highest BCUT2D eigenvalue weighted by molar-refractivity contribution is 5.76. The summed E-state index contributed by atoms with van der Waals surface area (Å²) in [7, 11) is 0. The van der Waals surface area contributed by atoms with Crippen LogP contribution in [0.5, 0.6) is 0 Å². The molecular weight excluding hydrogens is 244 g/mol. The van der Waals surface area contributed by atoms with E-state index in [9.17, 15) is 4.79 Å². The van der Waals surface area contributed by atoms with E-state index in [2.05, 4.69) is 19.2 Å². The number of hydrogen-bond acceptors (Lipinski definition) is 4. The number of nitrogens with two attached hydrogens (primary N) is 1. The van der Waals surface area contributed by atoms with Gasteiger partial charge in [0.25, 0.3) is 0 Å². The molecule has 0 aromatic rings. The summed E-state index contributed by atoms with van der Waals surface area (Å²) in [5.74, 6) is 0.336. The fraction of sp³-hybridized carbons (Fsp3) is 0.929. The Morgan fingerprint density at radius 2 is 2.16 bits per heavy atom. The van der Waals surface area contributed by atoms with Gasteiger partial charge in [-0.05, 0) is 38.6 Å². The minimum Gasteiger partial charge on any atom is -0.353 e. The highest BCUT2D eigenvalue weighted by Gasteiger charge is 2.32. The predicted molar refractivity (Wildman–Crippen MR) is 74.5 cm³/mol. The fourth-order valence-electron chi connectivity index (χ4n) is 2.36. The molecule has 5 nitrogen and oxygen atoms in total. The van der Waals surface area contributed by atoms with Crippen molar-refractivity contribution in [3.8, 4) is 0 Å². The van der Waals surface area contributed by atoms with E-state index < -0.39 is 5.79 Å². The molecule has 0 aromatic carbocycles. The molecular formula is C14H28N2O3. The van der Waals surface area contributed by atoms with Crippen molar-refractivity contribution in [2.45, 2.75) is 52.4 Å². The molecule has 5 heteroatoms. The highest BCUT2D eigenvalue weighted by Crippen LogP contribution is 2.21. The van der Waals surface area contributed by atoms with Gasteiger partial charge in [0.2, 0.25) is 5.91 Å². The molecule has 0 aliphatic carbocycles. The molecule has 0 spiro atoms. The maximum Gasteiger partial charge on any atom is 0.220 e. The zero-order chi connectivity index (χ0) is 14.5. The summed E-state index contributed by atoms with van der Waals surface area (Å²) in [4.78, 5) is 11.8. The lowest BCUT2D eigenvalue weighted by atomic mass is 9.94. The van der Waals surface area contributed by atoms with Crippen LogP contribution in [0.15, 0.2) is 0 Å². The van der Waals surface area contributed by atoms with Gasteiger partial charge in [0.1, 0.15) is 6.10 Å². The largest absolute Gasteiger partial charge is 0.353 e. The quantitative estimate of drug-likeness (QED) is 0.732. The van der Waals surface area contributed by atoms with E-state index in [-0.39, 0.29) is 17.9 Å². The van der Waals surface area contributed by atoms with E-state index >= 15 is 0 Å². The van der Waals surface area contributed by atoms with Crippen molar-refractivity contribution in [3.63, 3.8) is 0 Å². The van der Waals surface area contributed by atoms with Crippen LogP contribution >= 0.6 is 0 Å². The smallest absolute Gasteiger partial charge is 0.220 e. The molecule has 1 aliphatic rings. The molecule has 1 heterocycles. The van der Waals surface area contributed by atoms with Gasteiger partial charge in [-0.1, -0.05) is 13.8 Å². The van der Waals surface area contributed by atoms with Gasteiger partial charge in [-0.2, -0.15) is 0 Å². The normalized spacial score (nSPS) is 23.6. The number of carbonyl (C=O) groups excluding carboxylic acids is 1. The van der Waals surface area contributed by atoms with Crippen LogP contribution in [-0.2, 0) is 14.3 Å². The van der Waals surface area contributed by atoms with Gasteiger partial charge in [0, 0.05) is 13.0 Å². The summed E-state index contributed by atoms with van der Waals surface area (Å²) < 4.78 is 11.1. The minimum atomic E-state index is -0.535.